The van der Waals surface area contributed by atoms with E-state index in [0.29, 0.717) is 6.61 Å². The summed E-state index contributed by atoms with van der Waals surface area (Å²) < 4.78 is 9.90. The van der Waals surface area contributed by atoms with Gasteiger partial charge in [0.2, 0.25) is 0 Å². The van der Waals surface area contributed by atoms with Crippen molar-refractivity contribution in [2.24, 2.45) is 0 Å². The zero-order valence-corrected chi connectivity index (χ0v) is 9.50. The smallest absolute Gasteiger partial charge is 0.320 e. The summed E-state index contributed by atoms with van der Waals surface area (Å²) in [5.41, 5.74) is 0. The van der Waals surface area contributed by atoms with Crippen molar-refractivity contribution in [3.05, 3.63) is 0 Å². The van der Waals surface area contributed by atoms with E-state index in [4.69, 9.17) is 9.47 Å². The van der Waals surface area contributed by atoms with Crippen molar-refractivity contribution < 1.29 is 14.3 Å². The average Bonchev–Trinajstić information content (AvgIpc) is 2.10. The molecule has 1 atom stereocenters. The second kappa shape index (κ2) is 7.76. The molecule has 0 aromatic heterocycles. The van der Waals surface area contributed by atoms with E-state index in [0.717, 1.165) is 6.42 Å². The van der Waals surface area contributed by atoms with Crippen molar-refractivity contribution in [3.8, 4) is 0 Å². The van der Waals surface area contributed by atoms with Crippen molar-refractivity contribution in [3.63, 3.8) is 0 Å². The zero-order valence-electron chi connectivity index (χ0n) is 9.50. The first kappa shape index (κ1) is 13.4. The van der Waals surface area contributed by atoms with E-state index in [1.807, 2.05) is 20.8 Å². The van der Waals surface area contributed by atoms with Crippen LogP contribution in [0.15, 0.2) is 0 Å². The molecule has 4 nitrogen and oxygen atoms in total. The van der Waals surface area contributed by atoms with Gasteiger partial charge in [0.05, 0.1) is 12.6 Å². The van der Waals surface area contributed by atoms with Crippen molar-refractivity contribution in [2.45, 2.75) is 39.3 Å². The number of ether oxygens (including phenoxy) is 2. The quantitative estimate of drug-likeness (QED) is 0.626. The summed E-state index contributed by atoms with van der Waals surface area (Å²) in [6.07, 6.45) is 0.851. The Kier molecular flexibility index (Phi) is 7.42. The highest BCUT2D eigenvalue weighted by Crippen LogP contribution is 1.92. The Morgan fingerprint density at radius 3 is 2.50 bits per heavy atom. The maximum absolute atomic E-state index is 11.1. The fourth-order valence-corrected chi connectivity index (χ4v) is 0.959. The Balaban J connectivity index is 3.45. The Morgan fingerprint density at radius 1 is 1.36 bits per heavy atom. The van der Waals surface area contributed by atoms with Crippen LogP contribution in [0, 0.1) is 0 Å². The molecule has 0 aliphatic rings. The molecule has 0 fully saturated rings. The molecule has 0 saturated carbocycles. The Hall–Kier alpha value is -0.610. The van der Waals surface area contributed by atoms with E-state index in [1.54, 1.807) is 7.11 Å². The molecular weight excluding hydrogens is 182 g/mol. The van der Waals surface area contributed by atoms with Crippen LogP contribution < -0.4 is 5.32 Å². The minimum atomic E-state index is -0.204. The lowest BCUT2D eigenvalue weighted by Crippen LogP contribution is -2.34. The first-order chi connectivity index (χ1) is 6.56. The van der Waals surface area contributed by atoms with E-state index in [-0.39, 0.29) is 24.7 Å². The molecule has 0 bridgehead atoms. The predicted molar refractivity (Wildman–Crippen MR) is 55.2 cm³/mol. The highest BCUT2D eigenvalue weighted by atomic mass is 16.5. The van der Waals surface area contributed by atoms with Gasteiger partial charge in [-0.2, -0.15) is 0 Å². The summed E-state index contributed by atoms with van der Waals surface area (Å²) in [5, 5.41) is 3.07. The number of esters is 1. The molecule has 1 unspecified atom stereocenters. The molecule has 0 amide bonds. The second-order valence-corrected chi connectivity index (χ2v) is 3.60. The van der Waals surface area contributed by atoms with E-state index in [2.05, 4.69) is 5.32 Å². The number of nitrogens with one attached hydrogen (secondary N) is 1. The number of methoxy groups -OCH3 is 1. The van der Waals surface area contributed by atoms with Crippen LogP contribution in [0.2, 0.25) is 0 Å². The van der Waals surface area contributed by atoms with Gasteiger partial charge in [-0.05, 0) is 27.2 Å². The second-order valence-electron chi connectivity index (χ2n) is 3.60. The van der Waals surface area contributed by atoms with Crippen molar-refractivity contribution in [2.75, 3.05) is 20.3 Å². The monoisotopic (exact) mass is 203 g/mol. The molecule has 84 valence electrons. The molecule has 0 aliphatic heterocycles. The van der Waals surface area contributed by atoms with Crippen LogP contribution in [0.25, 0.3) is 0 Å². The summed E-state index contributed by atoms with van der Waals surface area (Å²) in [5.74, 6) is -0.204. The number of rotatable bonds is 7. The van der Waals surface area contributed by atoms with Gasteiger partial charge in [-0.3, -0.25) is 4.79 Å². The van der Waals surface area contributed by atoms with Crippen molar-refractivity contribution in [1.82, 2.24) is 5.32 Å². The molecule has 0 aromatic carbocycles. The number of carbonyl (C=O) groups is 1. The molecular formula is C10H21NO3. The summed E-state index contributed by atoms with van der Waals surface area (Å²) in [6.45, 7) is 6.66. The average molecular weight is 203 g/mol. The minimum Gasteiger partial charge on any atom is -0.462 e. The Labute approximate surface area is 86.0 Å². The van der Waals surface area contributed by atoms with Crippen LogP contribution in [-0.4, -0.2) is 38.4 Å². The Morgan fingerprint density at radius 2 is 2.00 bits per heavy atom. The minimum absolute atomic E-state index is 0.0430. The molecule has 0 heterocycles. The van der Waals surface area contributed by atoms with Crippen LogP contribution in [0.5, 0.6) is 0 Å². The first-order valence-electron chi connectivity index (χ1n) is 4.98. The van der Waals surface area contributed by atoms with Gasteiger partial charge in [0.25, 0.3) is 0 Å². The first-order valence-corrected chi connectivity index (χ1v) is 4.98. The van der Waals surface area contributed by atoms with Crippen molar-refractivity contribution >= 4 is 5.97 Å². The molecule has 0 aliphatic carbocycles. The standard InChI is InChI=1S/C10H21NO3/c1-8(2)14-10(12)7-11-9(3)5-6-13-4/h8-9,11H,5-7H2,1-4H3. The highest BCUT2D eigenvalue weighted by Gasteiger charge is 2.07. The summed E-state index contributed by atoms with van der Waals surface area (Å²) >= 11 is 0. The van der Waals surface area contributed by atoms with Gasteiger partial charge >= 0.3 is 5.97 Å². The van der Waals surface area contributed by atoms with Crippen LogP contribution >= 0.6 is 0 Å². The van der Waals surface area contributed by atoms with Gasteiger partial charge in [-0.15, -0.1) is 0 Å². The number of hydrogen-bond acceptors (Lipinski definition) is 4. The fraction of sp³-hybridized carbons (Fsp3) is 0.900. The van der Waals surface area contributed by atoms with Crippen LogP contribution in [0.3, 0.4) is 0 Å². The number of hydrogen-bond donors (Lipinski definition) is 1. The maximum atomic E-state index is 11.1. The lowest BCUT2D eigenvalue weighted by Gasteiger charge is -2.13. The Bertz CT molecular complexity index is 159. The lowest BCUT2D eigenvalue weighted by molar-refractivity contribution is -0.146. The largest absolute Gasteiger partial charge is 0.462 e. The van der Waals surface area contributed by atoms with Gasteiger partial charge in [0.15, 0.2) is 0 Å². The highest BCUT2D eigenvalue weighted by molar-refractivity contribution is 5.71. The predicted octanol–water partition coefficient (Wildman–Crippen LogP) is 0.953. The molecule has 0 aromatic rings. The van der Waals surface area contributed by atoms with Crippen LogP contribution in [-0.2, 0) is 14.3 Å². The number of carbonyl (C=O) groups excluding carboxylic acids is 1. The molecule has 4 heteroatoms. The normalized spacial score (nSPS) is 12.9. The van der Waals surface area contributed by atoms with Gasteiger partial charge in [0, 0.05) is 19.8 Å². The zero-order chi connectivity index (χ0) is 11.0. The molecule has 14 heavy (non-hydrogen) atoms. The van der Waals surface area contributed by atoms with Gasteiger partial charge in [-0.25, -0.2) is 0 Å². The van der Waals surface area contributed by atoms with Gasteiger partial charge in [-0.1, -0.05) is 0 Å². The third-order valence-electron chi connectivity index (χ3n) is 1.72. The third-order valence-corrected chi connectivity index (χ3v) is 1.72. The SMILES string of the molecule is COCCC(C)NCC(=O)OC(C)C. The molecule has 0 saturated heterocycles. The van der Waals surface area contributed by atoms with E-state index in [1.165, 1.54) is 0 Å². The molecule has 0 rings (SSSR count). The van der Waals surface area contributed by atoms with Gasteiger partial charge < -0.3 is 14.8 Å². The van der Waals surface area contributed by atoms with Crippen LogP contribution in [0.4, 0.5) is 0 Å². The summed E-state index contributed by atoms with van der Waals surface area (Å²) in [4.78, 5) is 11.1. The third kappa shape index (κ3) is 8.01. The van der Waals surface area contributed by atoms with E-state index >= 15 is 0 Å². The van der Waals surface area contributed by atoms with Crippen LogP contribution in [0.1, 0.15) is 27.2 Å². The fourth-order valence-electron chi connectivity index (χ4n) is 0.959. The summed E-state index contributed by atoms with van der Waals surface area (Å²) in [6, 6.07) is 0.273. The molecule has 1 N–H and O–H groups in total. The molecule has 0 radical (unpaired) electrons. The topological polar surface area (TPSA) is 47.6 Å². The van der Waals surface area contributed by atoms with Crippen molar-refractivity contribution in [1.29, 1.82) is 0 Å². The van der Waals surface area contributed by atoms with E-state index in [9.17, 15) is 4.79 Å². The molecule has 0 spiro atoms. The lowest BCUT2D eigenvalue weighted by atomic mass is 10.2. The van der Waals surface area contributed by atoms with Gasteiger partial charge in [0.1, 0.15) is 0 Å². The maximum Gasteiger partial charge on any atom is 0.320 e. The summed E-state index contributed by atoms with van der Waals surface area (Å²) in [7, 11) is 1.67. The van der Waals surface area contributed by atoms with E-state index < -0.39 is 0 Å².